The highest BCUT2D eigenvalue weighted by Gasteiger charge is 2.48. The van der Waals surface area contributed by atoms with Crippen LogP contribution in [0.4, 0.5) is 11.4 Å². The van der Waals surface area contributed by atoms with Gasteiger partial charge in [0.25, 0.3) is 0 Å². The molecule has 1 aromatic rings. The Hall–Kier alpha value is -0.740. The zero-order valence-electron chi connectivity index (χ0n) is 11.2. The van der Waals surface area contributed by atoms with Gasteiger partial charge in [-0.25, -0.2) is 0 Å². The summed E-state index contributed by atoms with van der Waals surface area (Å²) in [6, 6.07) is 6.30. The quantitative estimate of drug-likeness (QED) is 0.834. The second-order valence-corrected chi connectivity index (χ2v) is 6.35. The van der Waals surface area contributed by atoms with Gasteiger partial charge in [-0.15, -0.1) is 0 Å². The molecule has 1 aromatic carbocycles. The van der Waals surface area contributed by atoms with Crippen molar-refractivity contribution in [1.29, 1.82) is 0 Å². The number of anilines is 2. The Morgan fingerprint density at radius 3 is 2.83 bits per heavy atom. The molecule has 0 heterocycles. The average Bonchev–Trinajstić information content (AvgIpc) is 2.32. The Morgan fingerprint density at radius 1 is 1.50 bits per heavy atom. The minimum absolute atomic E-state index is 0.144. The van der Waals surface area contributed by atoms with E-state index in [2.05, 4.69) is 35.1 Å². The lowest BCUT2D eigenvalue weighted by Crippen LogP contribution is -2.58. The molecule has 0 aliphatic heterocycles. The van der Waals surface area contributed by atoms with E-state index in [1.165, 1.54) is 0 Å². The number of ether oxygens (including phenoxy) is 1. The van der Waals surface area contributed by atoms with Crippen molar-refractivity contribution in [2.45, 2.75) is 39.3 Å². The minimum Gasteiger partial charge on any atom is -0.397 e. The zero-order chi connectivity index (χ0) is 13.3. The van der Waals surface area contributed by atoms with Gasteiger partial charge in [0.15, 0.2) is 0 Å². The maximum atomic E-state index is 5.98. The molecule has 4 heteroatoms. The van der Waals surface area contributed by atoms with Crippen LogP contribution in [0.5, 0.6) is 0 Å². The summed E-state index contributed by atoms with van der Waals surface area (Å²) in [6.45, 7) is 7.30. The van der Waals surface area contributed by atoms with Gasteiger partial charge < -0.3 is 15.8 Å². The normalized spacial score (nSPS) is 25.6. The average molecular weight is 313 g/mol. The van der Waals surface area contributed by atoms with Crippen LogP contribution in [0.15, 0.2) is 22.7 Å². The van der Waals surface area contributed by atoms with E-state index in [9.17, 15) is 0 Å². The van der Waals surface area contributed by atoms with Crippen LogP contribution in [-0.2, 0) is 4.74 Å². The fourth-order valence-electron chi connectivity index (χ4n) is 2.46. The van der Waals surface area contributed by atoms with E-state index in [4.69, 9.17) is 10.5 Å². The van der Waals surface area contributed by atoms with Gasteiger partial charge in [0.2, 0.25) is 0 Å². The number of hydrogen-bond donors (Lipinski definition) is 2. The van der Waals surface area contributed by atoms with E-state index in [1.807, 2.05) is 25.1 Å². The van der Waals surface area contributed by atoms with Crippen LogP contribution >= 0.6 is 15.9 Å². The third-order valence-electron chi connectivity index (χ3n) is 3.89. The van der Waals surface area contributed by atoms with Crippen molar-refractivity contribution in [2.24, 2.45) is 5.41 Å². The van der Waals surface area contributed by atoms with Gasteiger partial charge in [0.05, 0.1) is 17.5 Å². The Labute approximate surface area is 117 Å². The van der Waals surface area contributed by atoms with Gasteiger partial charge in [0, 0.05) is 22.5 Å². The molecule has 0 saturated heterocycles. The van der Waals surface area contributed by atoms with Gasteiger partial charge >= 0.3 is 0 Å². The van der Waals surface area contributed by atoms with Gasteiger partial charge in [0.1, 0.15) is 0 Å². The molecular weight excluding hydrogens is 292 g/mol. The van der Waals surface area contributed by atoms with E-state index >= 15 is 0 Å². The van der Waals surface area contributed by atoms with Crippen LogP contribution in [0.25, 0.3) is 0 Å². The van der Waals surface area contributed by atoms with Crippen molar-refractivity contribution in [3.05, 3.63) is 22.7 Å². The summed E-state index contributed by atoms with van der Waals surface area (Å²) in [5.74, 6) is 0. The number of halogens is 1. The van der Waals surface area contributed by atoms with E-state index in [1.54, 1.807) is 0 Å². The molecule has 0 aromatic heterocycles. The Balaban J connectivity index is 2.05. The molecule has 100 valence electrons. The first-order valence-corrected chi connectivity index (χ1v) is 7.17. The maximum absolute atomic E-state index is 5.98. The molecule has 2 rings (SSSR count). The molecule has 0 bridgehead atoms. The summed E-state index contributed by atoms with van der Waals surface area (Å²) in [5, 5.41) is 3.53. The molecule has 3 nitrogen and oxygen atoms in total. The van der Waals surface area contributed by atoms with Crippen LogP contribution in [0, 0.1) is 5.41 Å². The van der Waals surface area contributed by atoms with Gasteiger partial charge in [-0.3, -0.25) is 0 Å². The number of nitrogens with one attached hydrogen (secondary N) is 1. The van der Waals surface area contributed by atoms with Crippen molar-refractivity contribution >= 4 is 27.3 Å². The van der Waals surface area contributed by atoms with Crippen LogP contribution in [0.1, 0.15) is 27.2 Å². The summed E-state index contributed by atoms with van der Waals surface area (Å²) < 4.78 is 6.77. The largest absolute Gasteiger partial charge is 0.397 e. The first-order chi connectivity index (χ1) is 8.45. The summed E-state index contributed by atoms with van der Waals surface area (Å²) in [6.07, 6.45) is 1.38. The number of rotatable bonds is 4. The van der Waals surface area contributed by atoms with Crippen molar-refractivity contribution in [1.82, 2.24) is 0 Å². The molecule has 1 fully saturated rings. The van der Waals surface area contributed by atoms with Crippen molar-refractivity contribution in [3.8, 4) is 0 Å². The molecular formula is C14H21BrN2O. The smallest absolute Gasteiger partial charge is 0.0665 e. The Morgan fingerprint density at radius 2 is 2.22 bits per heavy atom. The predicted octanol–water partition coefficient (Wildman–Crippen LogP) is 3.65. The number of benzene rings is 1. The molecule has 1 aliphatic carbocycles. The second-order valence-electron chi connectivity index (χ2n) is 5.43. The molecule has 1 saturated carbocycles. The SMILES string of the molecule is CCOC1CC(Nc2cc(Br)ccc2N)C1(C)C. The van der Waals surface area contributed by atoms with Crippen molar-refractivity contribution in [2.75, 3.05) is 17.7 Å². The summed E-state index contributed by atoms with van der Waals surface area (Å²) >= 11 is 3.47. The minimum atomic E-state index is 0.144. The molecule has 2 unspecified atom stereocenters. The fraction of sp³-hybridized carbons (Fsp3) is 0.571. The number of nitrogens with two attached hydrogens (primary N) is 1. The van der Waals surface area contributed by atoms with Crippen molar-refractivity contribution in [3.63, 3.8) is 0 Å². The first-order valence-electron chi connectivity index (χ1n) is 6.38. The van der Waals surface area contributed by atoms with Gasteiger partial charge in [-0.2, -0.15) is 0 Å². The molecule has 0 radical (unpaired) electrons. The van der Waals surface area contributed by atoms with Gasteiger partial charge in [-0.05, 0) is 31.5 Å². The lowest BCUT2D eigenvalue weighted by atomic mass is 9.64. The van der Waals surface area contributed by atoms with Crippen molar-refractivity contribution < 1.29 is 4.74 Å². The lowest BCUT2D eigenvalue weighted by Gasteiger charge is -2.52. The van der Waals surface area contributed by atoms with E-state index in [0.29, 0.717) is 12.1 Å². The van der Waals surface area contributed by atoms with E-state index in [-0.39, 0.29) is 5.41 Å². The third-order valence-corrected chi connectivity index (χ3v) is 4.38. The number of hydrogen-bond acceptors (Lipinski definition) is 3. The monoisotopic (exact) mass is 312 g/mol. The fourth-order valence-corrected chi connectivity index (χ4v) is 2.82. The first kappa shape index (κ1) is 13.7. The topological polar surface area (TPSA) is 47.3 Å². The molecule has 0 spiro atoms. The highest BCUT2D eigenvalue weighted by Crippen LogP contribution is 2.45. The molecule has 1 aliphatic rings. The van der Waals surface area contributed by atoms with E-state index < -0.39 is 0 Å². The molecule has 0 amide bonds. The predicted molar refractivity (Wildman–Crippen MR) is 79.8 cm³/mol. The summed E-state index contributed by atoms with van der Waals surface area (Å²) in [4.78, 5) is 0. The van der Waals surface area contributed by atoms with Crippen LogP contribution < -0.4 is 11.1 Å². The molecule has 2 atom stereocenters. The third kappa shape index (κ3) is 2.50. The number of nitrogen functional groups attached to an aromatic ring is 1. The summed E-state index contributed by atoms with van der Waals surface area (Å²) in [5.41, 5.74) is 7.91. The Kier molecular flexibility index (Phi) is 3.87. The Bertz CT molecular complexity index is 434. The zero-order valence-corrected chi connectivity index (χ0v) is 12.8. The van der Waals surface area contributed by atoms with Gasteiger partial charge in [-0.1, -0.05) is 29.8 Å². The maximum Gasteiger partial charge on any atom is 0.0665 e. The molecule has 3 N–H and O–H groups in total. The standard InChI is InChI=1S/C14H21BrN2O/c1-4-18-13-8-12(14(13,2)3)17-11-7-9(15)5-6-10(11)16/h5-7,12-13,17H,4,8,16H2,1-3H3. The molecule has 18 heavy (non-hydrogen) atoms. The highest BCUT2D eigenvalue weighted by atomic mass is 79.9. The summed E-state index contributed by atoms with van der Waals surface area (Å²) in [7, 11) is 0. The second kappa shape index (κ2) is 5.10. The lowest BCUT2D eigenvalue weighted by molar-refractivity contribution is -0.0975. The highest BCUT2D eigenvalue weighted by molar-refractivity contribution is 9.10. The van der Waals surface area contributed by atoms with Crippen LogP contribution in [-0.4, -0.2) is 18.8 Å². The van der Waals surface area contributed by atoms with E-state index in [0.717, 1.165) is 28.9 Å². The van der Waals surface area contributed by atoms with Crippen LogP contribution in [0.2, 0.25) is 0 Å². The van der Waals surface area contributed by atoms with Crippen LogP contribution in [0.3, 0.4) is 0 Å².